The van der Waals surface area contributed by atoms with E-state index in [-0.39, 0.29) is 11.9 Å². The van der Waals surface area contributed by atoms with Crippen molar-refractivity contribution < 1.29 is 14.3 Å². The number of anilines is 2. The van der Waals surface area contributed by atoms with Crippen LogP contribution in [-0.4, -0.2) is 24.0 Å². The molecule has 0 unspecified atom stereocenters. The Morgan fingerprint density at radius 3 is 2.38 bits per heavy atom. The number of rotatable bonds is 7. The van der Waals surface area contributed by atoms with Crippen molar-refractivity contribution in [3.05, 3.63) is 89.7 Å². The van der Waals surface area contributed by atoms with Gasteiger partial charge >= 0.3 is 6.03 Å². The first-order valence-electron chi connectivity index (χ1n) is 9.07. The summed E-state index contributed by atoms with van der Waals surface area (Å²) in [7, 11) is 1.64. The third-order valence-electron chi connectivity index (χ3n) is 4.10. The van der Waals surface area contributed by atoms with E-state index in [1.807, 2.05) is 42.5 Å². The van der Waals surface area contributed by atoms with Crippen molar-refractivity contribution in [2.24, 2.45) is 0 Å². The van der Waals surface area contributed by atoms with Crippen molar-refractivity contribution in [2.45, 2.75) is 13.2 Å². The van der Waals surface area contributed by atoms with E-state index in [1.54, 1.807) is 37.7 Å². The highest BCUT2D eigenvalue weighted by atomic mass is 16.5. The van der Waals surface area contributed by atoms with Crippen molar-refractivity contribution in [2.75, 3.05) is 17.7 Å². The lowest BCUT2D eigenvalue weighted by molar-refractivity contribution is 0.102. The maximum absolute atomic E-state index is 12.2. The molecule has 1 heterocycles. The molecule has 0 saturated heterocycles. The Morgan fingerprint density at radius 2 is 1.66 bits per heavy atom. The normalized spacial score (nSPS) is 10.2. The summed E-state index contributed by atoms with van der Waals surface area (Å²) in [6, 6.07) is 17.7. The molecule has 0 bridgehead atoms. The highest BCUT2D eigenvalue weighted by molar-refractivity contribution is 6.04. The highest BCUT2D eigenvalue weighted by Crippen LogP contribution is 2.13. The molecule has 1 aromatic heterocycles. The fourth-order valence-electron chi connectivity index (χ4n) is 2.67. The Balaban J connectivity index is 1.52. The Bertz CT molecular complexity index is 959. The molecule has 0 atom stereocenters. The zero-order valence-electron chi connectivity index (χ0n) is 16.0. The van der Waals surface area contributed by atoms with Crippen molar-refractivity contribution in [1.82, 2.24) is 10.3 Å². The molecule has 2 aromatic carbocycles. The van der Waals surface area contributed by atoms with Crippen molar-refractivity contribution >= 4 is 23.3 Å². The number of nitrogens with one attached hydrogen (secondary N) is 3. The van der Waals surface area contributed by atoms with E-state index in [9.17, 15) is 9.59 Å². The smallest absolute Gasteiger partial charge is 0.319 e. The van der Waals surface area contributed by atoms with Gasteiger partial charge in [-0.2, -0.15) is 0 Å². The van der Waals surface area contributed by atoms with Crippen molar-refractivity contribution in [3.8, 4) is 0 Å². The van der Waals surface area contributed by atoms with E-state index in [4.69, 9.17) is 4.74 Å². The highest BCUT2D eigenvalue weighted by Gasteiger charge is 2.07. The van der Waals surface area contributed by atoms with Crippen LogP contribution in [0, 0.1) is 0 Å². The summed E-state index contributed by atoms with van der Waals surface area (Å²) in [5, 5.41) is 8.42. The van der Waals surface area contributed by atoms with Crippen LogP contribution in [-0.2, 0) is 17.9 Å². The van der Waals surface area contributed by atoms with E-state index >= 15 is 0 Å². The number of nitrogens with zero attached hydrogens (tertiary/aromatic N) is 1. The van der Waals surface area contributed by atoms with Crippen LogP contribution < -0.4 is 16.0 Å². The van der Waals surface area contributed by atoms with Crippen LogP contribution in [0.15, 0.2) is 73.1 Å². The molecule has 0 radical (unpaired) electrons. The second kappa shape index (κ2) is 10.0. The summed E-state index contributed by atoms with van der Waals surface area (Å²) in [5.74, 6) is -0.216. The molecule has 0 spiro atoms. The molecular weight excluding hydrogens is 368 g/mol. The zero-order valence-corrected chi connectivity index (χ0v) is 16.0. The Morgan fingerprint density at radius 1 is 0.897 bits per heavy atom. The summed E-state index contributed by atoms with van der Waals surface area (Å²) in [5.41, 5.74) is 3.77. The van der Waals surface area contributed by atoms with Crippen molar-refractivity contribution in [1.29, 1.82) is 0 Å². The van der Waals surface area contributed by atoms with Crippen LogP contribution in [0.5, 0.6) is 0 Å². The fourth-order valence-corrected chi connectivity index (χ4v) is 2.67. The Kier molecular flexibility index (Phi) is 6.91. The molecule has 0 aliphatic carbocycles. The van der Waals surface area contributed by atoms with Crippen molar-refractivity contribution in [3.63, 3.8) is 0 Å². The van der Waals surface area contributed by atoms with Crippen LogP contribution in [0.2, 0.25) is 0 Å². The van der Waals surface area contributed by atoms with Gasteiger partial charge in [-0.05, 0) is 47.5 Å². The number of methoxy groups -OCH3 is 1. The largest absolute Gasteiger partial charge is 0.380 e. The maximum atomic E-state index is 12.2. The number of hydrogen-bond donors (Lipinski definition) is 3. The van der Waals surface area contributed by atoms with Gasteiger partial charge in [0.1, 0.15) is 0 Å². The lowest BCUT2D eigenvalue weighted by Crippen LogP contribution is -2.28. The van der Waals surface area contributed by atoms with E-state index in [2.05, 4.69) is 20.9 Å². The zero-order chi connectivity index (χ0) is 20.5. The van der Waals surface area contributed by atoms with Gasteiger partial charge in [-0.15, -0.1) is 0 Å². The van der Waals surface area contributed by atoms with Gasteiger partial charge < -0.3 is 20.7 Å². The fraction of sp³-hybridized carbons (Fsp3) is 0.136. The lowest BCUT2D eigenvalue weighted by atomic mass is 10.2. The van der Waals surface area contributed by atoms with Gasteiger partial charge in [0, 0.05) is 43.0 Å². The quantitative estimate of drug-likeness (QED) is 0.572. The van der Waals surface area contributed by atoms with Crippen LogP contribution in [0.3, 0.4) is 0 Å². The number of aromatic nitrogens is 1. The number of urea groups is 1. The summed E-state index contributed by atoms with van der Waals surface area (Å²) in [6.07, 6.45) is 3.14. The SMILES string of the molecule is COCc1ccc(NC(=O)NCc2cccc(NC(=O)c3ccncc3)c2)cc1. The number of carbonyl (C=O) groups is 2. The standard InChI is InChI=1S/C22H22N4O3/c1-29-15-16-5-7-19(8-6-16)26-22(28)24-14-17-3-2-4-20(13-17)25-21(27)18-9-11-23-12-10-18/h2-13H,14-15H2,1H3,(H,25,27)(H2,24,26,28). The van der Waals surface area contributed by atoms with Gasteiger partial charge in [0.25, 0.3) is 5.91 Å². The van der Waals surface area contributed by atoms with Gasteiger partial charge in [0.2, 0.25) is 0 Å². The predicted octanol–water partition coefficient (Wildman–Crippen LogP) is 3.80. The van der Waals surface area contributed by atoms with Crippen LogP contribution in [0.25, 0.3) is 0 Å². The molecular formula is C22H22N4O3. The second-order valence-corrected chi connectivity index (χ2v) is 6.33. The van der Waals surface area contributed by atoms with Gasteiger partial charge in [-0.1, -0.05) is 24.3 Å². The molecule has 0 aliphatic rings. The Labute approximate surface area is 169 Å². The molecule has 3 aromatic rings. The number of ether oxygens (including phenoxy) is 1. The molecule has 0 saturated carbocycles. The molecule has 3 N–H and O–H groups in total. The van der Waals surface area contributed by atoms with E-state index in [0.29, 0.717) is 30.1 Å². The number of benzene rings is 2. The number of amides is 3. The summed E-state index contributed by atoms with van der Waals surface area (Å²) < 4.78 is 5.07. The van der Waals surface area contributed by atoms with Crippen LogP contribution in [0.1, 0.15) is 21.5 Å². The minimum absolute atomic E-state index is 0.216. The average molecular weight is 390 g/mol. The summed E-state index contributed by atoms with van der Waals surface area (Å²) >= 11 is 0. The van der Waals surface area contributed by atoms with E-state index in [1.165, 1.54) is 0 Å². The maximum Gasteiger partial charge on any atom is 0.319 e. The Hall–Kier alpha value is -3.71. The molecule has 3 rings (SSSR count). The number of carbonyl (C=O) groups excluding carboxylic acids is 2. The monoisotopic (exact) mass is 390 g/mol. The summed E-state index contributed by atoms with van der Waals surface area (Å²) in [4.78, 5) is 28.3. The van der Waals surface area contributed by atoms with Crippen LogP contribution >= 0.6 is 0 Å². The van der Waals surface area contributed by atoms with Gasteiger partial charge in [-0.25, -0.2) is 4.79 Å². The third-order valence-corrected chi connectivity index (χ3v) is 4.10. The molecule has 148 valence electrons. The number of pyridine rings is 1. The van der Waals surface area contributed by atoms with Gasteiger partial charge in [0.05, 0.1) is 6.61 Å². The van der Waals surface area contributed by atoms with Gasteiger partial charge in [-0.3, -0.25) is 9.78 Å². The molecule has 7 heteroatoms. The molecule has 0 aliphatic heterocycles. The first-order valence-corrected chi connectivity index (χ1v) is 9.07. The predicted molar refractivity (Wildman–Crippen MR) is 112 cm³/mol. The third kappa shape index (κ3) is 6.15. The molecule has 7 nitrogen and oxygen atoms in total. The van der Waals surface area contributed by atoms with E-state index in [0.717, 1.165) is 11.1 Å². The molecule has 3 amide bonds. The first-order chi connectivity index (χ1) is 14.1. The molecule has 0 fully saturated rings. The first kappa shape index (κ1) is 20.0. The number of hydrogen-bond acceptors (Lipinski definition) is 4. The second-order valence-electron chi connectivity index (χ2n) is 6.33. The minimum atomic E-state index is -0.310. The van der Waals surface area contributed by atoms with Gasteiger partial charge in [0.15, 0.2) is 0 Å². The molecule has 29 heavy (non-hydrogen) atoms. The van der Waals surface area contributed by atoms with E-state index < -0.39 is 0 Å². The average Bonchev–Trinajstić information content (AvgIpc) is 2.75. The topological polar surface area (TPSA) is 92.4 Å². The van der Waals surface area contributed by atoms with Crippen LogP contribution in [0.4, 0.5) is 16.2 Å². The summed E-state index contributed by atoms with van der Waals surface area (Å²) in [6.45, 7) is 0.854. The minimum Gasteiger partial charge on any atom is -0.380 e. The lowest BCUT2D eigenvalue weighted by Gasteiger charge is -2.10.